The summed E-state index contributed by atoms with van der Waals surface area (Å²) in [5.74, 6) is 0.0964. The number of rotatable bonds is 41. The van der Waals surface area contributed by atoms with Crippen LogP contribution < -0.4 is 21.3 Å². The zero-order valence-electron chi connectivity index (χ0n) is 37.6. The molecule has 4 N–H and O–H groups in total. The smallest absolute Gasteiger partial charge is 0.237 e. The van der Waals surface area contributed by atoms with Gasteiger partial charge in [0.05, 0.1) is 65.5 Å². The van der Waals surface area contributed by atoms with Crippen LogP contribution >= 0.6 is 0 Å². The van der Waals surface area contributed by atoms with Crippen LogP contribution in [0.4, 0.5) is 0 Å². The number of amides is 3. The van der Waals surface area contributed by atoms with Crippen molar-refractivity contribution in [2.45, 2.75) is 149 Å². The number of carbonyl (C=O) groups is 3. The number of allylic oxidation sites excluding steroid dienone is 2. The van der Waals surface area contributed by atoms with Gasteiger partial charge in [-0.25, -0.2) is 0 Å². The van der Waals surface area contributed by atoms with Gasteiger partial charge in [-0.05, 0) is 96.4 Å². The van der Waals surface area contributed by atoms with Crippen LogP contribution in [0.2, 0.25) is 0 Å². The van der Waals surface area contributed by atoms with Crippen LogP contribution in [0.15, 0.2) is 11.1 Å². The third-order valence-electron chi connectivity index (χ3n) is 10.5. The topological polar surface area (TPSA) is 155 Å². The molecule has 13 heteroatoms. The zero-order chi connectivity index (χ0) is 42.4. The minimum atomic E-state index is -0.247. The summed E-state index contributed by atoms with van der Waals surface area (Å²) in [6, 6.07) is -0.247. The fourth-order valence-corrected chi connectivity index (χ4v) is 7.11. The van der Waals surface area contributed by atoms with Crippen molar-refractivity contribution in [1.82, 2.24) is 21.3 Å². The van der Waals surface area contributed by atoms with Crippen LogP contribution in [0, 0.1) is 5.41 Å². The van der Waals surface area contributed by atoms with Crippen molar-refractivity contribution < 1.29 is 42.8 Å². The minimum Gasteiger partial charge on any atom is -0.379 e. The Morgan fingerprint density at radius 3 is 1.67 bits per heavy atom. The number of unbranched alkanes of at least 4 members (excludes halogenated alkanes) is 6. The predicted octanol–water partition coefficient (Wildman–Crippen LogP) is 6.42. The van der Waals surface area contributed by atoms with Crippen LogP contribution in [0.5, 0.6) is 0 Å². The minimum absolute atomic E-state index is 0.00561. The number of carbonyl (C=O) groups excluding carboxylic acids is 3. The Hall–Kier alpha value is -2.13. The first-order chi connectivity index (χ1) is 28.2. The zero-order valence-corrected chi connectivity index (χ0v) is 37.6. The Morgan fingerprint density at radius 1 is 0.586 bits per heavy atom. The first-order valence-electron chi connectivity index (χ1n) is 22.8. The predicted molar refractivity (Wildman–Crippen MR) is 232 cm³/mol. The lowest BCUT2D eigenvalue weighted by Crippen LogP contribution is -2.43. The standard InChI is InChI=1S/C45H86N4O9/c1-6-27-53-31-35-57-38-34-56-30-22-43(51)48-25-16-28-54-32-36-58-37-33-55-29-17-26-49-44(52)41(46-5)20-13-14-24-47-42(50)21-12-10-8-7-9-11-19-40-39(2)18-15-23-45(40,3)4/h41,46H,6-38H2,1-5H3,(H,47,50)(H,48,51)(H,49,52)/t41-/m0/s1. The van der Waals surface area contributed by atoms with Crippen molar-refractivity contribution in [3.05, 3.63) is 11.1 Å². The molecule has 1 aliphatic rings. The highest BCUT2D eigenvalue weighted by molar-refractivity contribution is 5.81. The quantitative estimate of drug-likeness (QED) is 0.0401. The lowest BCUT2D eigenvalue weighted by Gasteiger charge is -2.34. The van der Waals surface area contributed by atoms with Crippen molar-refractivity contribution in [3.63, 3.8) is 0 Å². The summed E-state index contributed by atoms with van der Waals surface area (Å²) in [4.78, 5) is 36.7. The third-order valence-corrected chi connectivity index (χ3v) is 10.5. The summed E-state index contributed by atoms with van der Waals surface area (Å²) in [5, 5.41) is 12.0. The Kier molecular flexibility index (Phi) is 35.2. The number of ether oxygens (including phenoxy) is 6. The summed E-state index contributed by atoms with van der Waals surface area (Å²) in [6.07, 6.45) is 18.1. The second kappa shape index (κ2) is 37.8. The van der Waals surface area contributed by atoms with Crippen LogP contribution in [0.25, 0.3) is 0 Å². The van der Waals surface area contributed by atoms with E-state index in [0.29, 0.717) is 111 Å². The highest BCUT2D eigenvalue weighted by Crippen LogP contribution is 2.42. The Labute approximate surface area is 352 Å². The van der Waals surface area contributed by atoms with Gasteiger partial charge in [0.2, 0.25) is 17.7 Å². The summed E-state index contributed by atoms with van der Waals surface area (Å²) < 4.78 is 32.9. The lowest BCUT2D eigenvalue weighted by atomic mass is 9.71. The van der Waals surface area contributed by atoms with E-state index in [4.69, 9.17) is 28.4 Å². The van der Waals surface area contributed by atoms with Crippen LogP contribution in [-0.2, 0) is 42.8 Å². The molecule has 0 aliphatic heterocycles. The molecular formula is C45H86N4O9. The second-order valence-corrected chi connectivity index (χ2v) is 16.1. The molecule has 1 atom stereocenters. The molecule has 0 heterocycles. The Balaban J connectivity index is 1.85. The molecule has 0 saturated heterocycles. The van der Waals surface area contributed by atoms with Gasteiger partial charge in [0.1, 0.15) is 0 Å². The van der Waals surface area contributed by atoms with Crippen molar-refractivity contribution in [3.8, 4) is 0 Å². The van der Waals surface area contributed by atoms with Crippen LogP contribution in [-0.4, -0.2) is 130 Å². The molecule has 0 aromatic carbocycles. The summed E-state index contributed by atoms with van der Waals surface area (Å²) in [5.41, 5.74) is 3.74. The molecule has 0 fully saturated rings. The van der Waals surface area contributed by atoms with E-state index in [1.54, 1.807) is 18.2 Å². The van der Waals surface area contributed by atoms with Gasteiger partial charge in [0.25, 0.3) is 0 Å². The second-order valence-electron chi connectivity index (χ2n) is 16.1. The highest BCUT2D eigenvalue weighted by atomic mass is 16.5. The largest absolute Gasteiger partial charge is 0.379 e. The van der Waals surface area contributed by atoms with Gasteiger partial charge in [-0.15, -0.1) is 0 Å². The Morgan fingerprint density at radius 2 is 1.09 bits per heavy atom. The third kappa shape index (κ3) is 30.8. The fourth-order valence-electron chi connectivity index (χ4n) is 7.11. The van der Waals surface area contributed by atoms with E-state index in [2.05, 4.69) is 49.0 Å². The first-order valence-corrected chi connectivity index (χ1v) is 22.8. The molecular weight excluding hydrogens is 741 g/mol. The SMILES string of the molecule is CCCOCCOCCOCCC(=O)NCCCOCCOCCOCCCNC(=O)[C@H](CCCCNC(=O)CCCCCCCCC1=C(C)CCCC1(C)C)NC. The van der Waals surface area contributed by atoms with Gasteiger partial charge < -0.3 is 49.7 Å². The van der Waals surface area contributed by atoms with Crippen molar-refractivity contribution in [1.29, 1.82) is 0 Å². The van der Waals surface area contributed by atoms with E-state index < -0.39 is 0 Å². The highest BCUT2D eigenvalue weighted by Gasteiger charge is 2.27. The molecule has 13 nitrogen and oxygen atoms in total. The van der Waals surface area contributed by atoms with Crippen LogP contribution in [0.1, 0.15) is 143 Å². The van der Waals surface area contributed by atoms with Gasteiger partial charge in [-0.2, -0.15) is 0 Å². The molecule has 0 spiro atoms. The monoisotopic (exact) mass is 827 g/mol. The molecule has 3 amide bonds. The average molecular weight is 827 g/mol. The molecule has 0 bridgehead atoms. The molecule has 1 rings (SSSR count). The van der Waals surface area contributed by atoms with Crippen molar-refractivity contribution in [2.75, 3.05) is 106 Å². The molecule has 0 radical (unpaired) electrons. The van der Waals surface area contributed by atoms with Gasteiger partial charge in [-0.3, -0.25) is 14.4 Å². The maximum Gasteiger partial charge on any atom is 0.237 e. The van der Waals surface area contributed by atoms with E-state index in [1.165, 1.54) is 51.4 Å². The normalized spacial score (nSPS) is 14.4. The summed E-state index contributed by atoms with van der Waals surface area (Å²) in [6.45, 7) is 17.3. The van der Waals surface area contributed by atoms with Gasteiger partial charge >= 0.3 is 0 Å². The maximum atomic E-state index is 12.6. The molecule has 0 saturated carbocycles. The van der Waals surface area contributed by atoms with Gasteiger partial charge in [0, 0.05) is 52.3 Å². The molecule has 0 unspecified atom stereocenters. The number of hydrogen-bond donors (Lipinski definition) is 4. The molecule has 0 aromatic heterocycles. The van der Waals surface area contributed by atoms with E-state index in [-0.39, 0.29) is 23.8 Å². The van der Waals surface area contributed by atoms with E-state index in [0.717, 1.165) is 58.0 Å². The number of likely N-dealkylation sites (N-methyl/N-ethyl adjacent to an activating group) is 1. The first kappa shape index (κ1) is 53.9. The van der Waals surface area contributed by atoms with E-state index in [1.807, 2.05) is 0 Å². The maximum absolute atomic E-state index is 12.6. The van der Waals surface area contributed by atoms with Crippen molar-refractivity contribution >= 4 is 17.7 Å². The molecule has 0 aromatic rings. The van der Waals surface area contributed by atoms with Gasteiger partial charge in [-0.1, -0.05) is 57.6 Å². The average Bonchev–Trinajstić information content (AvgIpc) is 3.20. The van der Waals surface area contributed by atoms with Gasteiger partial charge in [0.15, 0.2) is 0 Å². The molecule has 1 aliphatic carbocycles. The lowest BCUT2D eigenvalue weighted by molar-refractivity contribution is -0.123. The van der Waals surface area contributed by atoms with E-state index in [9.17, 15) is 14.4 Å². The fraction of sp³-hybridized carbons (Fsp3) is 0.889. The molecule has 58 heavy (non-hydrogen) atoms. The van der Waals surface area contributed by atoms with E-state index >= 15 is 0 Å². The Bertz CT molecular complexity index is 1060. The van der Waals surface area contributed by atoms with Crippen LogP contribution in [0.3, 0.4) is 0 Å². The van der Waals surface area contributed by atoms with Crippen molar-refractivity contribution in [2.24, 2.45) is 5.41 Å². The molecule has 340 valence electrons. The number of hydrogen-bond acceptors (Lipinski definition) is 10. The summed E-state index contributed by atoms with van der Waals surface area (Å²) >= 11 is 0. The number of nitrogens with one attached hydrogen (secondary N) is 4. The summed E-state index contributed by atoms with van der Waals surface area (Å²) in [7, 11) is 1.81.